The Kier molecular flexibility index (Phi) is 5.31. The Morgan fingerprint density at radius 1 is 0.826 bits per heavy atom. The van der Waals surface area contributed by atoms with Crippen LogP contribution < -0.4 is 0 Å². The highest BCUT2D eigenvalue weighted by molar-refractivity contribution is 5.18. The fraction of sp³-hybridized carbons (Fsp3) is 1.00. The van der Waals surface area contributed by atoms with Crippen molar-refractivity contribution >= 4 is 0 Å². The summed E-state index contributed by atoms with van der Waals surface area (Å²) in [5, 5.41) is 89.3. The summed E-state index contributed by atoms with van der Waals surface area (Å²) in [5.41, 5.74) is -5.83. The molecule has 0 radical (unpaired) electrons. The van der Waals surface area contributed by atoms with Crippen molar-refractivity contribution in [3.63, 3.8) is 0 Å². The van der Waals surface area contributed by atoms with E-state index in [2.05, 4.69) is 0 Å². The van der Waals surface area contributed by atoms with Crippen molar-refractivity contribution in [3.05, 3.63) is 0 Å². The Bertz CT molecular complexity index is 422. The number of aliphatic hydroxyl groups excluding tert-OH is 7. The predicted molar refractivity (Wildman–Crippen MR) is 68.7 cm³/mol. The van der Waals surface area contributed by atoms with Crippen LogP contribution in [-0.4, -0.2) is 120 Å². The summed E-state index contributed by atoms with van der Waals surface area (Å²) in [5.74, 6) is 0. The molecule has 11 heteroatoms. The van der Waals surface area contributed by atoms with Crippen molar-refractivity contribution in [1.29, 1.82) is 0 Å². The van der Waals surface area contributed by atoms with Crippen LogP contribution in [0, 0.1) is 0 Å². The molecule has 2 saturated heterocycles. The predicted octanol–water partition coefficient (Wildman–Crippen LogP) is -6.01. The Hall–Kier alpha value is -0.440. The van der Waals surface area contributed by atoms with E-state index in [1.807, 2.05) is 0 Å². The number of hydrogen-bond donors (Lipinski definition) is 9. The lowest BCUT2D eigenvalue weighted by Crippen LogP contribution is -2.82. The fourth-order valence-electron chi connectivity index (χ4n) is 3.08. The van der Waals surface area contributed by atoms with Gasteiger partial charge in [-0.3, -0.25) is 0 Å². The lowest BCUT2D eigenvalue weighted by Gasteiger charge is -2.57. The molecule has 0 aromatic rings. The fourth-order valence-corrected chi connectivity index (χ4v) is 3.08. The van der Waals surface area contributed by atoms with E-state index in [-0.39, 0.29) is 0 Å². The van der Waals surface area contributed by atoms with Crippen LogP contribution in [0.3, 0.4) is 0 Å². The van der Waals surface area contributed by atoms with Gasteiger partial charge < -0.3 is 55.4 Å². The minimum atomic E-state index is -3.00. The molecule has 2 aliphatic heterocycles. The van der Waals surface area contributed by atoms with Gasteiger partial charge in [-0.05, 0) is 0 Å². The maximum absolute atomic E-state index is 10.7. The molecule has 0 saturated carbocycles. The summed E-state index contributed by atoms with van der Waals surface area (Å²) < 4.78 is 9.67. The first kappa shape index (κ1) is 18.9. The lowest BCUT2D eigenvalue weighted by atomic mass is 9.66. The van der Waals surface area contributed by atoms with Crippen molar-refractivity contribution in [2.24, 2.45) is 0 Å². The first-order chi connectivity index (χ1) is 10.6. The SMILES string of the molecule is OC[C@H]1OC[C@@](O)([C@@]2(O)[C@H](O)[C@@H](O)O[C@H](CO)[C@@H]2O)[C@@H](O)[C@@H]1O. The van der Waals surface area contributed by atoms with E-state index < -0.39 is 73.9 Å². The van der Waals surface area contributed by atoms with Crippen LogP contribution in [-0.2, 0) is 9.47 Å². The molecule has 2 rings (SSSR count). The van der Waals surface area contributed by atoms with Crippen molar-refractivity contribution in [2.75, 3.05) is 19.8 Å². The topological polar surface area (TPSA) is 201 Å². The van der Waals surface area contributed by atoms with E-state index in [0.29, 0.717) is 0 Å². The van der Waals surface area contributed by atoms with Gasteiger partial charge in [0.25, 0.3) is 0 Å². The minimum absolute atomic E-state index is 0.692. The molecule has 0 amide bonds. The van der Waals surface area contributed by atoms with E-state index in [0.717, 1.165) is 0 Å². The van der Waals surface area contributed by atoms with E-state index >= 15 is 0 Å². The third kappa shape index (κ3) is 2.58. The van der Waals surface area contributed by atoms with E-state index in [4.69, 9.17) is 19.7 Å². The van der Waals surface area contributed by atoms with Crippen LogP contribution in [0.1, 0.15) is 0 Å². The number of rotatable bonds is 3. The second-order valence-electron chi connectivity index (χ2n) is 5.85. The van der Waals surface area contributed by atoms with Gasteiger partial charge in [-0.15, -0.1) is 0 Å². The molecule has 0 aromatic heterocycles. The largest absolute Gasteiger partial charge is 0.394 e. The smallest absolute Gasteiger partial charge is 0.184 e. The maximum Gasteiger partial charge on any atom is 0.184 e. The highest BCUT2D eigenvalue weighted by atomic mass is 16.6. The second kappa shape index (κ2) is 6.46. The summed E-state index contributed by atoms with van der Waals surface area (Å²) in [6, 6.07) is 0. The van der Waals surface area contributed by atoms with E-state index in [9.17, 15) is 35.7 Å². The Balaban J connectivity index is 2.42. The van der Waals surface area contributed by atoms with Gasteiger partial charge >= 0.3 is 0 Å². The van der Waals surface area contributed by atoms with Gasteiger partial charge in [0.05, 0.1) is 19.8 Å². The van der Waals surface area contributed by atoms with Crippen LogP contribution in [0.2, 0.25) is 0 Å². The highest BCUT2D eigenvalue weighted by Gasteiger charge is 2.70. The molecule has 2 fully saturated rings. The minimum Gasteiger partial charge on any atom is -0.394 e. The molecule has 2 heterocycles. The summed E-state index contributed by atoms with van der Waals surface area (Å²) in [6.07, 6.45) is -13.4. The molecule has 0 unspecified atom stereocenters. The molecule has 11 nitrogen and oxygen atoms in total. The van der Waals surface area contributed by atoms with Gasteiger partial charge in [0, 0.05) is 0 Å². The summed E-state index contributed by atoms with van der Waals surface area (Å²) in [4.78, 5) is 0. The molecule has 0 spiro atoms. The number of hydrogen-bond acceptors (Lipinski definition) is 11. The maximum atomic E-state index is 10.7. The van der Waals surface area contributed by atoms with Gasteiger partial charge in [-0.25, -0.2) is 0 Å². The van der Waals surface area contributed by atoms with Crippen molar-refractivity contribution in [2.45, 2.75) is 54.1 Å². The zero-order chi connectivity index (χ0) is 17.6. The van der Waals surface area contributed by atoms with Crippen LogP contribution in [0.4, 0.5) is 0 Å². The van der Waals surface area contributed by atoms with Gasteiger partial charge in [-0.2, -0.15) is 0 Å². The molecule has 136 valence electrons. The van der Waals surface area contributed by atoms with Crippen LogP contribution in [0.25, 0.3) is 0 Å². The van der Waals surface area contributed by atoms with E-state index in [1.54, 1.807) is 0 Å². The Morgan fingerprint density at radius 2 is 1.39 bits per heavy atom. The average Bonchev–Trinajstić information content (AvgIpc) is 2.54. The first-order valence-electron chi connectivity index (χ1n) is 6.99. The number of ether oxygens (including phenoxy) is 2. The molecule has 0 aliphatic carbocycles. The molecule has 0 aromatic carbocycles. The van der Waals surface area contributed by atoms with Crippen molar-refractivity contribution in [3.8, 4) is 0 Å². The quantitative estimate of drug-likeness (QED) is 0.236. The van der Waals surface area contributed by atoms with Crippen molar-refractivity contribution in [1.82, 2.24) is 0 Å². The monoisotopic (exact) mass is 342 g/mol. The summed E-state index contributed by atoms with van der Waals surface area (Å²) >= 11 is 0. The second-order valence-corrected chi connectivity index (χ2v) is 5.85. The third-order valence-electron chi connectivity index (χ3n) is 4.60. The average molecular weight is 342 g/mol. The van der Waals surface area contributed by atoms with Gasteiger partial charge in [0.1, 0.15) is 36.6 Å². The normalized spacial score (nSPS) is 54.9. The zero-order valence-corrected chi connectivity index (χ0v) is 12.0. The molecule has 9 N–H and O–H groups in total. The van der Waals surface area contributed by atoms with Crippen molar-refractivity contribution < 1.29 is 55.4 Å². The molecule has 23 heavy (non-hydrogen) atoms. The van der Waals surface area contributed by atoms with E-state index in [1.165, 1.54) is 0 Å². The zero-order valence-electron chi connectivity index (χ0n) is 12.0. The summed E-state index contributed by atoms with van der Waals surface area (Å²) in [7, 11) is 0. The summed E-state index contributed by atoms with van der Waals surface area (Å²) in [6.45, 7) is -2.45. The standard InChI is InChI=1S/C12H22O11/c13-1-4-6(15)8(17)11(20,3-22-4)12(21)7(16)5(2-14)23-10(19)9(12)18/h4-10,13-21H,1-3H2/t4-,5-,6-,7+,8+,9-,10+,11+,12+/m1/s1. The lowest BCUT2D eigenvalue weighted by molar-refractivity contribution is -0.388. The molecule has 2 aliphatic rings. The molecular weight excluding hydrogens is 320 g/mol. The molecule has 0 bridgehead atoms. The first-order valence-corrected chi connectivity index (χ1v) is 6.99. The molecule has 9 atom stereocenters. The van der Waals surface area contributed by atoms with Gasteiger partial charge in [-0.1, -0.05) is 0 Å². The Labute approximate surface area is 130 Å². The van der Waals surface area contributed by atoms with Gasteiger partial charge in [0.15, 0.2) is 17.5 Å². The van der Waals surface area contributed by atoms with Crippen LogP contribution in [0.5, 0.6) is 0 Å². The molecular formula is C12H22O11. The van der Waals surface area contributed by atoms with Crippen LogP contribution in [0.15, 0.2) is 0 Å². The number of aliphatic hydroxyl groups is 9. The third-order valence-corrected chi connectivity index (χ3v) is 4.60. The van der Waals surface area contributed by atoms with Gasteiger partial charge in [0.2, 0.25) is 0 Å². The highest BCUT2D eigenvalue weighted by Crippen LogP contribution is 2.42. The Morgan fingerprint density at radius 3 is 1.91 bits per heavy atom. The van der Waals surface area contributed by atoms with Crippen LogP contribution >= 0.6 is 0 Å².